The van der Waals surface area contributed by atoms with Crippen molar-refractivity contribution in [2.75, 3.05) is 0 Å². The van der Waals surface area contributed by atoms with Gasteiger partial charge in [0, 0.05) is 19.8 Å². The number of hydrogen-bond donors (Lipinski definition) is 0. The summed E-state index contributed by atoms with van der Waals surface area (Å²) in [5.74, 6) is -4.96. The van der Waals surface area contributed by atoms with Crippen molar-refractivity contribution in [1.82, 2.24) is 0 Å². The summed E-state index contributed by atoms with van der Waals surface area (Å²) >= 11 is 0. The van der Waals surface area contributed by atoms with Crippen molar-refractivity contribution in [3.05, 3.63) is 108 Å². The molecule has 3 aromatic carbocycles. The Labute approximate surface area is 290 Å². The van der Waals surface area contributed by atoms with Crippen molar-refractivity contribution in [3.8, 4) is 0 Å². The van der Waals surface area contributed by atoms with Gasteiger partial charge in [0.15, 0.2) is 11.7 Å². The summed E-state index contributed by atoms with van der Waals surface area (Å²) in [5.41, 5.74) is -4.21. The van der Waals surface area contributed by atoms with Crippen LogP contribution in [-0.2, 0) is 38.0 Å². The minimum Gasteiger partial charge on any atom is -0.455 e. The van der Waals surface area contributed by atoms with Gasteiger partial charge in [-0.05, 0) is 69.0 Å². The largest absolute Gasteiger partial charge is 0.455 e. The third kappa shape index (κ3) is 5.93. The van der Waals surface area contributed by atoms with Crippen LogP contribution in [0.15, 0.2) is 91.0 Å². The molecule has 3 aliphatic rings. The monoisotopic (exact) mass is 684 g/mol. The molecule has 3 fully saturated rings. The zero-order valence-corrected chi connectivity index (χ0v) is 28.5. The second-order valence-corrected chi connectivity index (χ2v) is 13.7. The lowest BCUT2D eigenvalue weighted by molar-refractivity contribution is -0.336. The van der Waals surface area contributed by atoms with Crippen LogP contribution in [0.1, 0.15) is 78.5 Å². The molecule has 0 unspecified atom stereocenters. The van der Waals surface area contributed by atoms with Gasteiger partial charge in [0.1, 0.15) is 18.3 Å². The number of benzene rings is 3. The lowest BCUT2D eigenvalue weighted by atomic mass is 9.53. The van der Waals surface area contributed by atoms with Crippen LogP contribution >= 0.6 is 0 Å². The molecule has 0 N–H and O–H groups in total. The summed E-state index contributed by atoms with van der Waals surface area (Å²) in [6, 6.07) is 25.0. The van der Waals surface area contributed by atoms with E-state index in [-0.39, 0.29) is 29.5 Å². The van der Waals surface area contributed by atoms with Crippen molar-refractivity contribution in [1.29, 1.82) is 0 Å². The van der Waals surface area contributed by atoms with E-state index in [4.69, 9.17) is 28.4 Å². The molecule has 3 aromatic rings. The van der Waals surface area contributed by atoms with Gasteiger partial charge in [-0.2, -0.15) is 0 Å². The molecule has 50 heavy (non-hydrogen) atoms. The molecule has 8 atom stereocenters. The van der Waals surface area contributed by atoms with Crippen molar-refractivity contribution < 1.29 is 52.4 Å². The molecule has 2 bridgehead atoms. The first kappa shape index (κ1) is 34.8. The highest BCUT2D eigenvalue weighted by atomic mass is 16.7. The standard InChI is InChI=1S/C39H40O11/c1-23-21-30(46-34(42)26-15-9-6-10-16-26)33(45-24(2)40)39(49-25(3)41)31(47-35(43)27-17-11-7-12-18-27)22-29-32(38(23,39)50-37(29,4)5)48-36(44)28-19-13-8-14-20-28/h6-20,23,29-33H,21-22H2,1-5H3/t23-,29-,30+,31+,32-,33+,38-,39+/m1/s1. The number of rotatable bonds is 8. The van der Waals surface area contributed by atoms with Gasteiger partial charge >= 0.3 is 29.8 Å². The third-order valence-corrected chi connectivity index (χ3v) is 10.1. The van der Waals surface area contributed by atoms with Crippen LogP contribution in [0.25, 0.3) is 0 Å². The van der Waals surface area contributed by atoms with E-state index < -0.39 is 82.9 Å². The number of carbonyl (C=O) groups excluding carboxylic acids is 5. The molecule has 0 amide bonds. The van der Waals surface area contributed by atoms with E-state index >= 15 is 0 Å². The molecule has 1 spiro atoms. The first-order valence-corrected chi connectivity index (χ1v) is 16.6. The van der Waals surface area contributed by atoms with Crippen LogP contribution < -0.4 is 0 Å². The Kier molecular flexibility index (Phi) is 9.30. The third-order valence-electron chi connectivity index (χ3n) is 10.1. The molecule has 11 heteroatoms. The fourth-order valence-electron chi connectivity index (χ4n) is 8.20. The Bertz CT molecular complexity index is 1760. The van der Waals surface area contributed by atoms with Gasteiger partial charge < -0.3 is 28.4 Å². The van der Waals surface area contributed by atoms with Gasteiger partial charge in [-0.1, -0.05) is 61.5 Å². The normalized spacial score (nSPS) is 30.6. The highest BCUT2D eigenvalue weighted by Gasteiger charge is 2.84. The molecular formula is C39H40O11. The van der Waals surface area contributed by atoms with Crippen LogP contribution in [0.3, 0.4) is 0 Å². The van der Waals surface area contributed by atoms with Crippen LogP contribution in [0.5, 0.6) is 0 Å². The van der Waals surface area contributed by atoms with E-state index in [1.165, 1.54) is 13.8 Å². The lowest BCUT2D eigenvalue weighted by Crippen LogP contribution is -2.82. The molecular weight excluding hydrogens is 644 g/mol. The summed E-state index contributed by atoms with van der Waals surface area (Å²) in [6.45, 7) is 7.79. The van der Waals surface area contributed by atoms with Crippen LogP contribution in [0.2, 0.25) is 0 Å². The number of fused-ring (bicyclic) bond motifs is 1. The zero-order valence-electron chi connectivity index (χ0n) is 28.5. The molecule has 2 saturated carbocycles. The quantitative estimate of drug-likeness (QED) is 0.219. The Balaban J connectivity index is 1.56. The van der Waals surface area contributed by atoms with Crippen LogP contribution in [0.4, 0.5) is 0 Å². The van der Waals surface area contributed by atoms with E-state index in [1.54, 1.807) is 97.9 Å². The van der Waals surface area contributed by atoms with Crippen molar-refractivity contribution >= 4 is 29.8 Å². The maximum Gasteiger partial charge on any atom is 0.338 e. The lowest BCUT2D eigenvalue weighted by Gasteiger charge is -2.62. The van der Waals surface area contributed by atoms with Gasteiger partial charge in [-0.15, -0.1) is 0 Å². The van der Waals surface area contributed by atoms with E-state index in [9.17, 15) is 24.0 Å². The predicted molar refractivity (Wildman–Crippen MR) is 177 cm³/mol. The van der Waals surface area contributed by atoms with Crippen LogP contribution in [-0.4, -0.2) is 71.1 Å². The summed E-state index contributed by atoms with van der Waals surface area (Å²) in [6.07, 6.45) is -5.16. The van der Waals surface area contributed by atoms with Gasteiger partial charge in [0.2, 0.25) is 5.60 Å². The fourth-order valence-corrected chi connectivity index (χ4v) is 8.20. The molecule has 1 saturated heterocycles. The van der Waals surface area contributed by atoms with E-state index in [0.29, 0.717) is 0 Å². The average Bonchev–Trinajstić information content (AvgIpc) is 3.26. The Morgan fingerprint density at radius 2 is 1.10 bits per heavy atom. The minimum atomic E-state index is -2.17. The Morgan fingerprint density at radius 1 is 0.620 bits per heavy atom. The summed E-state index contributed by atoms with van der Waals surface area (Å²) in [4.78, 5) is 67.5. The fraction of sp³-hybridized carbons (Fsp3) is 0.410. The topological polar surface area (TPSA) is 141 Å². The summed E-state index contributed by atoms with van der Waals surface area (Å²) in [5, 5.41) is 0. The van der Waals surface area contributed by atoms with Crippen molar-refractivity contribution in [3.63, 3.8) is 0 Å². The zero-order chi connectivity index (χ0) is 35.8. The SMILES string of the molecule is CC(=O)O[C@H]1[C@@H](OC(=O)c2ccccc2)C[C@@H](C)[C@]23OC(C)(C)[C@H](C[C@H](OC(=O)c4ccccc4)[C@]12OC(C)=O)[C@H]3OC(=O)c1ccccc1. The van der Waals surface area contributed by atoms with Crippen LogP contribution in [0, 0.1) is 11.8 Å². The first-order chi connectivity index (χ1) is 23.8. The number of esters is 5. The minimum absolute atomic E-state index is 0.0306. The van der Waals surface area contributed by atoms with Gasteiger partial charge in [-0.25, -0.2) is 14.4 Å². The van der Waals surface area contributed by atoms with E-state index in [2.05, 4.69) is 0 Å². The number of carbonyl (C=O) groups is 5. The van der Waals surface area contributed by atoms with E-state index in [0.717, 1.165) is 0 Å². The number of ether oxygens (including phenoxy) is 6. The molecule has 11 nitrogen and oxygen atoms in total. The molecule has 0 aromatic heterocycles. The molecule has 262 valence electrons. The Morgan fingerprint density at radius 3 is 1.58 bits per heavy atom. The van der Waals surface area contributed by atoms with Gasteiger partial charge in [-0.3, -0.25) is 9.59 Å². The first-order valence-electron chi connectivity index (χ1n) is 16.6. The second kappa shape index (κ2) is 13.4. The van der Waals surface area contributed by atoms with Gasteiger partial charge in [0.05, 0.1) is 22.3 Å². The van der Waals surface area contributed by atoms with E-state index in [1.807, 2.05) is 13.8 Å². The average molecular weight is 685 g/mol. The molecule has 6 rings (SSSR count). The predicted octanol–water partition coefficient (Wildman–Crippen LogP) is 5.50. The highest BCUT2D eigenvalue weighted by Crippen LogP contribution is 2.65. The maximum absolute atomic E-state index is 13.8. The maximum atomic E-state index is 13.8. The second-order valence-electron chi connectivity index (χ2n) is 13.7. The summed E-state index contributed by atoms with van der Waals surface area (Å²) in [7, 11) is 0. The number of hydrogen-bond acceptors (Lipinski definition) is 11. The molecule has 1 aliphatic heterocycles. The smallest absolute Gasteiger partial charge is 0.338 e. The van der Waals surface area contributed by atoms with Crippen molar-refractivity contribution in [2.24, 2.45) is 11.8 Å². The highest BCUT2D eigenvalue weighted by molar-refractivity contribution is 5.91. The molecule has 2 aliphatic carbocycles. The molecule has 0 radical (unpaired) electrons. The van der Waals surface area contributed by atoms with Gasteiger partial charge in [0.25, 0.3) is 0 Å². The molecule has 1 heterocycles. The Hall–Kier alpha value is -5.03. The van der Waals surface area contributed by atoms with Crippen molar-refractivity contribution in [2.45, 2.75) is 88.7 Å². The summed E-state index contributed by atoms with van der Waals surface area (Å²) < 4.78 is 38.2.